The van der Waals surface area contributed by atoms with Gasteiger partial charge in [0.25, 0.3) is 6.71 Å². The summed E-state index contributed by atoms with van der Waals surface area (Å²) in [7, 11) is 0. The van der Waals surface area contributed by atoms with Crippen molar-refractivity contribution in [2.45, 2.75) is 92.3 Å². The minimum absolute atomic E-state index is 0.0540. The summed E-state index contributed by atoms with van der Waals surface area (Å²) in [5.74, 6) is 0.0635. The van der Waals surface area contributed by atoms with Crippen molar-refractivity contribution in [3.05, 3.63) is 137 Å². The molecule has 0 atom stereocenters. The van der Waals surface area contributed by atoms with Crippen LogP contribution in [0.15, 0.2) is 109 Å². The summed E-state index contributed by atoms with van der Waals surface area (Å²) in [5.41, 5.74) is 1.53. The number of nitrogens with zero attached hydrogens (tertiary/aromatic N) is 2. The van der Waals surface area contributed by atoms with E-state index in [1.54, 1.807) is 51.1 Å². The van der Waals surface area contributed by atoms with E-state index >= 15 is 0 Å². The molecule has 0 spiro atoms. The summed E-state index contributed by atoms with van der Waals surface area (Å²) in [6.07, 6.45) is 0. The van der Waals surface area contributed by atoms with E-state index in [9.17, 15) is 13.7 Å². The van der Waals surface area contributed by atoms with Crippen LogP contribution in [0.25, 0.3) is 27.5 Å². The van der Waals surface area contributed by atoms with Crippen LogP contribution in [0, 0.1) is 13.8 Å². The standard InChI is InChI=1S/C50H51BN2O/c1-30-12-20-37-38-21-13-31(2)25-43(38)53(42(37)24-30)36-28-44-47-46(29-36)54-45-23-17-34(50(9,10)11)27-40(45)51(47)39-26-33(49(6,7)8)16-22-41(39)52(44)35-18-14-32(15-19-35)48(3,4)5/h12-29H,1-11H3/i1D3,14D,15D,16D,17D,18D,19D,22D,23D,26D,27D. The van der Waals surface area contributed by atoms with E-state index in [0.717, 1.165) is 16.3 Å². The number of hydrogen-bond donors (Lipinski definition) is 0. The van der Waals surface area contributed by atoms with E-state index in [1.165, 1.54) is 4.90 Å². The smallest absolute Gasteiger partial charge is 0.256 e. The Kier molecular flexibility index (Phi) is 4.93. The fraction of sp³-hybridized carbons (Fsp3) is 0.280. The highest BCUT2D eigenvalue weighted by atomic mass is 16.5. The van der Waals surface area contributed by atoms with Gasteiger partial charge in [-0.25, -0.2) is 0 Å². The third-order valence-electron chi connectivity index (χ3n) is 10.5. The highest BCUT2D eigenvalue weighted by Gasteiger charge is 2.43. The average molecular weight is 720 g/mol. The number of ether oxygens (including phenoxy) is 1. The van der Waals surface area contributed by atoms with E-state index < -0.39 is 41.9 Å². The van der Waals surface area contributed by atoms with Crippen LogP contribution in [0.4, 0.5) is 17.1 Å². The van der Waals surface area contributed by atoms with Gasteiger partial charge < -0.3 is 14.2 Å². The number of fused-ring (bicyclic) bond motifs is 7. The first kappa shape index (κ1) is 22.9. The summed E-state index contributed by atoms with van der Waals surface area (Å²) in [5, 5.41) is 1.56. The van der Waals surface area contributed by atoms with E-state index in [4.69, 9.17) is 8.85 Å². The molecule has 1 aromatic heterocycles. The highest BCUT2D eigenvalue weighted by Crippen LogP contribution is 2.45. The molecule has 0 saturated carbocycles. The molecule has 3 nitrogen and oxygen atoms in total. The van der Waals surface area contributed by atoms with Crippen LogP contribution in [0.1, 0.15) is 108 Å². The Bertz CT molecular complexity index is 3320. The molecule has 2 aliphatic rings. The molecule has 0 N–H and O–H groups in total. The largest absolute Gasteiger partial charge is 0.458 e. The molecule has 54 heavy (non-hydrogen) atoms. The molecule has 4 heteroatoms. The van der Waals surface area contributed by atoms with Crippen molar-refractivity contribution in [2.24, 2.45) is 0 Å². The zero-order valence-corrected chi connectivity index (χ0v) is 32.5. The number of hydrogen-bond acceptors (Lipinski definition) is 2. The minimum Gasteiger partial charge on any atom is -0.458 e. The van der Waals surface area contributed by atoms with Crippen molar-refractivity contribution < 1.29 is 22.6 Å². The predicted molar refractivity (Wildman–Crippen MR) is 232 cm³/mol. The summed E-state index contributed by atoms with van der Waals surface area (Å²) in [6, 6.07) is 11.6. The molecule has 270 valence electrons. The Morgan fingerprint density at radius 3 is 1.78 bits per heavy atom. The lowest BCUT2D eigenvalue weighted by Gasteiger charge is -2.41. The van der Waals surface area contributed by atoms with Crippen molar-refractivity contribution in [1.82, 2.24) is 4.57 Å². The monoisotopic (exact) mass is 719 g/mol. The SMILES string of the molecule is [2H]c1c([2H])c(C(C)(C)C)c([2H])c2c1Oc1cc(-n3c4cc(C)ccc4c4ccc(C([2H])([2H])[2H])cc43)cc3c1B2c1c([2H])c(C(C)(C)C)c([2H])c([2H])c1N3c1c([2H])c([2H])c(C(C)(C)C)c([2H])c1[2H]. The van der Waals surface area contributed by atoms with Gasteiger partial charge in [0.05, 0.1) is 30.4 Å². The molecular formula is C50H51BN2O. The second kappa shape index (κ2) is 11.6. The highest BCUT2D eigenvalue weighted by molar-refractivity contribution is 6.99. The fourth-order valence-corrected chi connectivity index (χ4v) is 7.62. The topological polar surface area (TPSA) is 17.4 Å². The second-order valence-electron chi connectivity index (χ2n) is 17.8. The molecule has 0 aliphatic carbocycles. The molecular weight excluding hydrogens is 655 g/mol. The Labute approximate surface area is 340 Å². The molecule has 6 aromatic carbocycles. The predicted octanol–water partition coefficient (Wildman–Crippen LogP) is 11.7. The zero-order chi connectivity index (χ0) is 49.3. The number of rotatable bonds is 2. The van der Waals surface area contributed by atoms with Crippen molar-refractivity contribution in [2.75, 3.05) is 4.90 Å². The van der Waals surface area contributed by atoms with Gasteiger partial charge in [-0.3, -0.25) is 0 Å². The van der Waals surface area contributed by atoms with Gasteiger partial charge >= 0.3 is 0 Å². The lowest BCUT2D eigenvalue weighted by atomic mass is 9.33. The van der Waals surface area contributed by atoms with Gasteiger partial charge in [0, 0.05) is 38.0 Å². The van der Waals surface area contributed by atoms with Gasteiger partial charge in [-0.2, -0.15) is 0 Å². The van der Waals surface area contributed by atoms with Crippen LogP contribution in [-0.2, 0) is 16.2 Å². The van der Waals surface area contributed by atoms with E-state index in [-0.39, 0.29) is 110 Å². The maximum absolute atomic E-state index is 10.1. The molecule has 3 heterocycles. The maximum atomic E-state index is 10.1. The van der Waals surface area contributed by atoms with Gasteiger partial charge in [0.1, 0.15) is 11.5 Å². The Balaban J connectivity index is 1.54. The van der Waals surface area contributed by atoms with Crippen molar-refractivity contribution in [3.63, 3.8) is 0 Å². The molecule has 0 saturated heterocycles. The van der Waals surface area contributed by atoms with Crippen molar-refractivity contribution >= 4 is 62.0 Å². The zero-order valence-electron chi connectivity index (χ0n) is 45.5. The average Bonchev–Trinajstić information content (AvgIpc) is 3.52. The summed E-state index contributed by atoms with van der Waals surface area (Å²) in [4.78, 5) is 1.45. The molecule has 0 fully saturated rings. The molecule has 0 bridgehead atoms. The first-order valence-electron chi connectivity index (χ1n) is 25.0. The number of anilines is 3. The Morgan fingerprint density at radius 1 is 0.574 bits per heavy atom. The van der Waals surface area contributed by atoms with Crippen LogP contribution in [0.3, 0.4) is 0 Å². The molecule has 0 amide bonds. The minimum atomic E-state index is -2.46. The van der Waals surface area contributed by atoms with Crippen LogP contribution < -0.4 is 26.0 Å². The molecule has 0 unspecified atom stereocenters. The summed E-state index contributed by atoms with van der Waals surface area (Å²) in [6.45, 7) is 14.9. The van der Waals surface area contributed by atoms with Gasteiger partial charge in [0.2, 0.25) is 0 Å². The first-order chi connectivity index (χ1) is 30.9. The number of aryl methyl sites for hydroxylation is 2. The van der Waals surface area contributed by atoms with Gasteiger partial charge in [-0.05, 0) is 117 Å². The molecule has 9 rings (SSSR count). The van der Waals surface area contributed by atoms with Gasteiger partial charge in [0.15, 0.2) is 0 Å². The van der Waals surface area contributed by atoms with Crippen molar-refractivity contribution in [1.29, 1.82) is 0 Å². The third-order valence-corrected chi connectivity index (χ3v) is 10.5. The lowest BCUT2D eigenvalue weighted by molar-refractivity contribution is 0.486. The number of aromatic nitrogens is 1. The fourth-order valence-electron chi connectivity index (χ4n) is 7.62. The maximum Gasteiger partial charge on any atom is 0.256 e. The quantitative estimate of drug-likeness (QED) is 0.166. The summed E-state index contributed by atoms with van der Waals surface area (Å²) >= 11 is 0. The second-order valence-corrected chi connectivity index (χ2v) is 17.8. The van der Waals surface area contributed by atoms with Crippen LogP contribution >= 0.6 is 0 Å². The molecule has 0 radical (unpaired) electrons. The normalized spacial score (nSPS) is 17.6. The van der Waals surface area contributed by atoms with Crippen molar-refractivity contribution in [3.8, 4) is 17.2 Å². The van der Waals surface area contributed by atoms with Gasteiger partial charge in [-0.1, -0.05) is 123 Å². The lowest BCUT2D eigenvalue weighted by Crippen LogP contribution is -2.60. The third kappa shape index (κ3) is 5.40. The Hall–Kier alpha value is -5.22. The van der Waals surface area contributed by atoms with Crippen LogP contribution in [-0.4, -0.2) is 11.3 Å². The molecule has 7 aromatic rings. The summed E-state index contributed by atoms with van der Waals surface area (Å²) < 4.78 is 130. The first-order valence-corrected chi connectivity index (χ1v) is 18.5. The van der Waals surface area contributed by atoms with E-state index in [0.29, 0.717) is 22.2 Å². The van der Waals surface area contributed by atoms with Crippen LogP contribution in [0.5, 0.6) is 11.5 Å². The van der Waals surface area contributed by atoms with Crippen LogP contribution in [0.2, 0.25) is 0 Å². The Morgan fingerprint density at radius 2 is 1.15 bits per heavy atom. The van der Waals surface area contributed by atoms with Gasteiger partial charge in [-0.15, -0.1) is 0 Å². The van der Waals surface area contributed by atoms with E-state index in [2.05, 4.69) is 0 Å². The van der Waals surface area contributed by atoms with E-state index in [1.807, 2.05) is 71.2 Å². The molecule has 2 aliphatic heterocycles. The number of benzene rings is 6.